The van der Waals surface area contributed by atoms with Gasteiger partial charge in [-0.05, 0) is 31.5 Å². The highest BCUT2D eigenvalue weighted by molar-refractivity contribution is 5.47. The lowest BCUT2D eigenvalue weighted by molar-refractivity contribution is 0.0385. The first-order chi connectivity index (χ1) is 9.81. The molecule has 1 aliphatic heterocycles. The summed E-state index contributed by atoms with van der Waals surface area (Å²) in [7, 11) is 3.41. The molecule has 0 aliphatic carbocycles. The molecule has 2 atom stereocenters. The van der Waals surface area contributed by atoms with Gasteiger partial charge in [0.1, 0.15) is 11.5 Å². The Kier molecular flexibility index (Phi) is 5.68. The van der Waals surface area contributed by atoms with Crippen LogP contribution in [0, 0.1) is 5.92 Å². The lowest BCUT2D eigenvalue weighted by atomic mass is 9.87. The molecule has 20 heavy (non-hydrogen) atoms. The van der Waals surface area contributed by atoms with E-state index in [0.717, 1.165) is 43.2 Å². The van der Waals surface area contributed by atoms with Crippen LogP contribution < -0.4 is 14.8 Å². The Labute approximate surface area is 121 Å². The van der Waals surface area contributed by atoms with Crippen LogP contribution in [-0.4, -0.2) is 34.0 Å². The second-order valence-corrected chi connectivity index (χ2v) is 5.09. The molecule has 1 N–H and O–H groups in total. The summed E-state index contributed by atoms with van der Waals surface area (Å²) < 4.78 is 16.7. The molecule has 1 saturated heterocycles. The Morgan fingerprint density at radius 1 is 1.30 bits per heavy atom. The molecule has 4 nitrogen and oxygen atoms in total. The first-order valence-electron chi connectivity index (χ1n) is 7.33. The van der Waals surface area contributed by atoms with Crippen molar-refractivity contribution in [2.75, 3.05) is 34.0 Å². The van der Waals surface area contributed by atoms with Crippen LogP contribution in [0.2, 0.25) is 0 Å². The molecule has 0 radical (unpaired) electrons. The summed E-state index contributed by atoms with van der Waals surface area (Å²) in [4.78, 5) is 0. The molecule has 0 bridgehead atoms. The standard InChI is InChI=1S/C16H25NO3/c1-4-17-16(12-7-6-10-20-11-12)15-13(18-2)8-5-9-14(15)19-3/h5,8-9,12,16-17H,4,6-7,10-11H2,1-3H3. The van der Waals surface area contributed by atoms with Gasteiger partial charge in [0.25, 0.3) is 0 Å². The number of hydrogen-bond acceptors (Lipinski definition) is 4. The molecule has 1 aromatic carbocycles. The highest BCUT2D eigenvalue weighted by atomic mass is 16.5. The Morgan fingerprint density at radius 3 is 2.50 bits per heavy atom. The Balaban J connectivity index is 2.36. The van der Waals surface area contributed by atoms with Gasteiger partial charge in [-0.25, -0.2) is 0 Å². The predicted molar refractivity (Wildman–Crippen MR) is 79.5 cm³/mol. The molecule has 2 unspecified atom stereocenters. The average Bonchev–Trinajstić information content (AvgIpc) is 2.52. The van der Waals surface area contributed by atoms with Crippen molar-refractivity contribution in [2.24, 2.45) is 5.92 Å². The molecular weight excluding hydrogens is 254 g/mol. The van der Waals surface area contributed by atoms with Crippen molar-refractivity contribution >= 4 is 0 Å². The molecule has 4 heteroatoms. The molecule has 0 saturated carbocycles. The van der Waals surface area contributed by atoms with Gasteiger partial charge in [-0.3, -0.25) is 0 Å². The van der Waals surface area contributed by atoms with Crippen LogP contribution in [0.5, 0.6) is 11.5 Å². The number of hydrogen-bond donors (Lipinski definition) is 1. The number of rotatable bonds is 6. The SMILES string of the molecule is CCNC(c1c(OC)cccc1OC)C1CCCOC1. The van der Waals surface area contributed by atoms with E-state index >= 15 is 0 Å². The van der Waals surface area contributed by atoms with E-state index in [-0.39, 0.29) is 6.04 Å². The van der Waals surface area contributed by atoms with Crippen LogP contribution in [0.15, 0.2) is 18.2 Å². The van der Waals surface area contributed by atoms with Gasteiger partial charge in [0.2, 0.25) is 0 Å². The van der Waals surface area contributed by atoms with Crippen molar-refractivity contribution in [1.82, 2.24) is 5.32 Å². The fraction of sp³-hybridized carbons (Fsp3) is 0.625. The summed E-state index contributed by atoms with van der Waals surface area (Å²) in [5.74, 6) is 2.20. The molecule has 2 rings (SSSR count). The smallest absolute Gasteiger partial charge is 0.127 e. The largest absolute Gasteiger partial charge is 0.496 e. The second-order valence-electron chi connectivity index (χ2n) is 5.09. The lowest BCUT2D eigenvalue weighted by Gasteiger charge is -2.32. The first-order valence-corrected chi connectivity index (χ1v) is 7.33. The van der Waals surface area contributed by atoms with E-state index in [0.29, 0.717) is 5.92 Å². The maximum atomic E-state index is 5.66. The zero-order valence-electron chi connectivity index (χ0n) is 12.6. The van der Waals surface area contributed by atoms with E-state index in [4.69, 9.17) is 14.2 Å². The van der Waals surface area contributed by atoms with Gasteiger partial charge in [0.05, 0.1) is 26.4 Å². The summed E-state index contributed by atoms with van der Waals surface area (Å²) in [5.41, 5.74) is 1.11. The topological polar surface area (TPSA) is 39.7 Å². The zero-order chi connectivity index (χ0) is 14.4. The summed E-state index contributed by atoms with van der Waals surface area (Å²) >= 11 is 0. The highest BCUT2D eigenvalue weighted by Gasteiger charge is 2.29. The second kappa shape index (κ2) is 7.50. The maximum Gasteiger partial charge on any atom is 0.127 e. The van der Waals surface area contributed by atoms with Gasteiger partial charge in [-0.15, -0.1) is 0 Å². The number of ether oxygens (including phenoxy) is 3. The Hall–Kier alpha value is -1.26. The van der Waals surface area contributed by atoms with Gasteiger partial charge < -0.3 is 19.5 Å². The summed E-state index contributed by atoms with van der Waals surface area (Å²) in [6.45, 7) is 4.69. The van der Waals surface area contributed by atoms with Crippen molar-refractivity contribution in [2.45, 2.75) is 25.8 Å². The third-order valence-corrected chi connectivity index (χ3v) is 3.87. The van der Waals surface area contributed by atoms with Crippen LogP contribution in [0.1, 0.15) is 31.4 Å². The molecule has 1 fully saturated rings. The third-order valence-electron chi connectivity index (χ3n) is 3.87. The van der Waals surface area contributed by atoms with Crippen LogP contribution >= 0.6 is 0 Å². The summed E-state index contributed by atoms with van der Waals surface area (Å²) in [6.07, 6.45) is 2.28. The molecule has 1 heterocycles. The van der Waals surface area contributed by atoms with E-state index in [1.165, 1.54) is 6.42 Å². The van der Waals surface area contributed by atoms with Crippen molar-refractivity contribution < 1.29 is 14.2 Å². The quantitative estimate of drug-likeness (QED) is 0.869. The summed E-state index contributed by atoms with van der Waals surface area (Å²) in [5, 5.41) is 3.58. The van der Waals surface area contributed by atoms with Crippen molar-refractivity contribution in [3.63, 3.8) is 0 Å². The van der Waals surface area contributed by atoms with Gasteiger partial charge in [-0.1, -0.05) is 13.0 Å². The van der Waals surface area contributed by atoms with Gasteiger partial charge in [0, 0.05) is 18.6 Å². The number of methoxy groups -OCH3 is 2. The van der Waals surface area contributed by atoms with Gasteiger partial charge in [-0.2, -0.15) is 0 Å². The lowest BCUT2D eigenvalue weighted by Crippen LogP contribution is -2.33. The highest BCUT2D eigenvalue weighted by Crippen LogP contribution is 2.39. The normalized spacial score (nSPS) is 20.4. The minimum atomic E-state index is 0.200. The minimum absolute atomic E-state index is 0.200. The molecule has 1 aromatic rings. The van der Waals surface area contributed by atoms with Crippen molar-refractivity contribution in [1.29, 1.82) is 0 Å². The first kappa shape index (κ1) is 15.1. The van der Waals surface area contributed by atoms with E-state index in [1.54, 1.807) is 14.2 Å². The molecule has 0 amide bonds. The fourth-order valence-corrected chi connectivity index (χ4v) is 2.94. The number of benzene rings is 1. The Morgan fingerprint density at radius 2 is 2.00 bits per heavy atom. The van der Waals surface area contributed by atoms with Crippen molar-refractivity contribution in [3.8, 4) is 11.5 Å². The summed E-state index contributed by atoms with van der Waals surface area (Å²) in [6, 6.07) is 6.14. The number of nitrogens with one attached hydrogen (secondary N) is 1. The van der Waals surface area contributed by atoms with Crippen LogP contribution in [0.3, 0.4) is 0 Å². The average molecular weight is 279 g/mol. The molecule has 112 valence electrons. The van der Waals surface area contributed by atoms with Gasteiger partial charge in [0.15, 0.2) is 0 Å². The van der Waals surface area contributed by atoms with Gasteiger partial charge >= 0.3 is 0 Å². The van der Waals surface area contributed by atoms with Crippen molar-refractivity contribution in [3.05, 3.63) is 23.8 Å². The van der Waals surface area contributed by atoms with E-state index in [1.807, 2.05) is 18.2 Å². The Bertz CT molecular complexity index is 394. The van der Waals surface area contributed by atoms with Crippen LogP contribution in [0.4, 0.5) is 0 Å². The predicted octanol–water partition coefficient (Wildman–Crippen LogP) is 2.78. The monoisotopic (exact) mass is 279 g/mol. The molecule has 0 spiro atoms. The van der Waals surface area contributed by atoms with E-state index in [2.05, 4.69) is 12.2 Å². The molecule has 0 aromatic heterocycles. The molecule has 1 aliphatic rings. The van der Waals surface area contributed by atoms with E-state index in [9.17, 15) is 0 Å². The maximum absolute atomic E-state index is 5.66. The third kappa shape index (κ3) is 3.25. The zero-order valence-corrected chi connectivity index (χ0v) is 12.6. The molecular formula is C16H25NO3. The van der Waals surface area contributed by atoms with Crippen LogP contribution in [0.25, 0.3) is 0 Å². The minimum Gasteiger partial charge on any atom is -0.496 e. The fourth-order valence-electron chi connectivity index (χ4n) is 2.94. The van der Waals surface area contributed by atoms with Crippen LogP contribution in [-0.2, 0) is 4.74 Å². The van der Waals surface area contributed by atoms with E-state index < -0.39 is 0 Å².